The van der Waals surface area contributed by atoms with Crippen molar-refractivity contribution in [2.75, 3.05) is 31.2 Å². The average molecular weight is 321 g/mol. The van der Waals surface area contributed by atoms with Crippen molar-refractivity contribution in [1.82, 2.24) is 19.1 Å². The van der Waals surface area contributed by atoms with Gasteiger partial charge in [0.05, 0.1) is 13.2 Å². The zero-order chi connectivity index (χ0) is 16.4. The minimum atomic E-state index is -0.286. The number of anilines is 1. The minimum Gasteiger partial charge on any atom is -0.378 e. The summed E-state index contributed by atoms with van der Waals surface area (Å²) in [5.41, 5.74) is 0.307. The number of rotatable bonds is 5. The van der Waals surface area contributed by atoms with E-state index < -0.39 is 0 Å². The maximum atomic E-state index is 12.6. The quantitative estimate of drug-likeness (QED) is 0.869. The molecule has 8 nitrogen and oxygen atoms in total. The number of imidazole rings is 1. The van der Waals surface area contributed by atoms with Gasteiger partial charge in [-0.2, -0.15) is 4.98 Å². The predicted octanol–water partition coefficient (Wildman–Crippen LogP) is 0.543. The number of aromatic nitrogens is 4. The van der Waals surface area contributed by atoms with Crippen LogP contribution in [0.15, 0.2) is 9.59 Å². The topological polar surface area (TPSA) is 85.2 Å². The van der Waals surface area contributed by atoms with Crippen molar-refractivity contribution in [3.8, 4) is 0 Å². The number of aromatic amines is 1. The van der Waals surface area contributed by atoms with Gasteiger partial charge in [0.15, 0.2) is 11.2 Å². The molecule has 8 heteroatoms. The first-order chi connectivity index (χ1) is 11.2. The molecule has 0 saturated carbocycles. The molecule has 0 aliphatic carbocycles. The van der Waals surface area contributed by atoms with Gasteiger partial charge in [0, 0.05) is 26.2 Å². The number of hydrogen-bond donors (Lipinski definition) is 1. The van der Waals surface area contributed by atoms with Crippen LogP contribution in [-0.4, -0.2) is 45.4 Å². The molecule has 23 heavy (non-hydrogen) atoms. The molecule has 1 N–H and O–H groups in total. The van der Waals surface area contributed by atoms with Gasteiger partial charge in [-0.15, -0.1) is 0 Å². The van der Waals surface area contributed by atoms with Crippen molar-refractivity contribution < 1.29 is 4.74 Å². The highest BCUT2D eigenvalue weighted by Crippen LogP contribution is 2.15. The first kappa shape index (κ1) is 15.8. The summed E-state index contributed by atoms with van der Waals surface area (Å²) in [7, 11) is 0. The van der Waals surface area contributed by atoms with Crippen molar-refractivity contribution in [2.45, 2.75) is 39.8 Å². The molecule has 2 aromatic heterocycles. The maximum absolute atomic E-state index is 12.6. The molecule has 1 fully saturated rings. The standard InChI is InChI=1S/C15H23N5O3/c1-3-5-19-12-11(13(21)20(6-4-2)15(19)22)16-14(17-12)18-7-9-23-10-8-18/h3-10H2,1-2H3,(H,16,17). The second-order valence-corrected chi connectivity index (χ2v) is 5.75. The highest BCUT2D eigenvalue weighted by Gasteiger charge is 2.20. The van der Waals surface area contributed by atoms with Gasteiger partial charge in [-0.1, -0.05) is 13.8 Å². The Morgan fingerprint density at radius 2 is 1.74 bits per heavy atom. The second-order valence-electron chi connectivity index (χ2n) is 5.75. The first-order valence-electron chi connectivity index (χ1n) is 8.23. The van der Waals surface area contributed by atoms with Crippen LogP contribution >= 0.6 is 0 Å². The molecule has 0 spiro atoms. The van der Waals surface area contributed by atoms with Crippen molar-refractivity contribution in [3.63, 3.8) is 0 Å². The summed E-state index contributed by atoms with van der Waals surface area (Å²) in [6.07, 6.45) is 1.54. The molecule has 1 aliphatic heterocycles. The van der Waals surface area contributed by atoms with Crippen molar-refractivity contribution >= 4 is 17.1 Å². The summed E-state index contributed by atoms with van der Waals surface area (Å²) in [5.74, 6) is 0.638. The fourth-order valence-electron chi connectivity index (χ4n) is 2.93. The molecule has 0 atom stereocenters. The van der Waals surface area contributed by atoms with Crippen LogP contribution in [0.5, 0.6) is 0 Å². The van der Waals surface area contributed by atoms with Crippen LogP contribution in [0.1, 0.15) is 26.7 Å². The third-order valence-electron chi connectivity index (χ3n) is 4.05. The Balaban J connectivity index is 2.18. The first-order valence-corrected chi connectivity index (χ1v) is 8.23. The molecule has 0 radical (unpaired) electrons. The van der Waals surface area contributed by atoms with E-state index in [1.807, 2.05) is 18.7 Å². The van der Waals surface area contributed by atoms with Crippen molar-refractivity contribution in [3.05, 3.63) is 20.8 Å². The van der Waals surface area contributed by atoms with Gasteiger partial charge in [-0.3, -0.25) is 13.9 Å². The van der Waals surface area contributed by atoms with Gasteiger partial charge in [-0.25, -0.2) is 4.79 Å². The highest BCUT2D eigenvalue weighted by atomic mass is 16.5. The second kappa shape index (κ2) is 6.57. The van der Waals surface area contributed by atoms with Crippen LogP contribution in [0.25, 0.3) is 11.2 Å². The lowest BCUT2D eigenvalue weighted by molar-refractivity contribution is 0.122. The molecule has 0 bridgehead atoms. The fraction of sp³-hybridized carbons (Fsp3) is 0.667. The van der Waals surface area contributed by atoms with Crippen LogP contribution in [0.4, 0.5) is 5.95 Å². The number of nitrogens with one attached hydrogen (secondary N) is 1. The van der Waals surface area contributed by atoms with E-state index in [-0.39, 0.29) is 11.2 Å². The van der Waals surface area contributed by atoms with Gasteiger partial charge in [0.25, 0.3) is 5.56 Å². The van der Waals surface area contributed by atoms with E-state index in [4.69, 9.17) is 4.74 Å². The van der Waals surface area contributed by atoms with Crippen molar-refractivity contribution in [1.29, 1.82) is 0 Å². The van der Waals surface area contributed by atoms with Gasteiger partial charge in [-0.05, 0) is 12.8 Å². The lowest BCUT2D eigenvalue weighted by Gasteiger charge is -2.25. The Kier molecular flexibility index (Phi) is 4.51. The summed E-state index contributed by atoms with van der Waals surface area (Å²) < 4.78 is 8.26. The van der Waals surface area contributed by atoms with Crippen LogP contribution < -0.4 is 16.1 Å². The van der Waals surface area contributed by atoms with E-state index in [0.717, 1.165) is 25.9 Å². The summed E-state index contributed by atoms with van der Waals surface area (Å²) in [6.45, 7) is 7.64. The molecular formula is C15H23N5O3. The van der Waals surface area contributed by atoms with E-state index in [9.17, 15) is 9.59 Å². The fourth-order valence-corrected chi connectivity index (χ4v) is 2.93. The number of nitrogens with zero attached hydrogens (tertiary/aromatic N) is 4. The van der Waals surface area contributed by atoms with E-state index in [0.29, 0.717) is 43.4 Å². The number of hydrogen-bond acceptors (Lipinski definition) is 5. The normalized spacial score (nSPS) is 15.5. The Bertz CT molecular complexity index is 798. The van der Waals surface area contributed by atoms with Crippen LogP contribution in [0.2, 0.25) is 0 Å². The zero-order valence-electron chi connectivity index (χ0n) is 13.7. The third-order valence-corrected chi connectivity index (χ3v) is 4.05. The number of ether oxygens (including phenoxy) is 1. The molecule has 126 valence electrons. The molecule has 1 aliphatic rings. The van der Waals surface area contributed by atoms with Gasteiger partial charge >= 0.3 is 5.69 Å². The lowest BCUT2D eigenvalue weighted by atomic mass is 10.4. The number of fused-ring (bicyclic) bond motifs is 1. The number of H-pyrrole nitrogens is 1. The van der Waals surface area contributed by atoms with Gasteiger partial charge in [0.2, 0.25) is 5.95 Å². The summed E-state index contributed by atoms with van der Waals surface area (Å²) in [6, 6.07) is 0. The third kappa shape index (κ3) is 2.78. The Hall–Kier alpha value is -2.09. The Morgan fingerprint density at radius 3 is 2.39 bits per heavy atom. The SMILES string of the molecule is CCCn1c(=O)c2[nH]c(N3CCOCC3)nc2n(CCC)c1=O. The largest absolute Gasteiger partial charge is 0.378 e. The van der Waals surface area contributed by atoms with Crippen LogP contribution in [-0.2, 0) is 17.8 Å². The number of morpholine rings is 1. The Morgan fingerprint density at radius 1 is 1.09 bits per heavy atom. The summed E-state index contributed by atoms with van der Waals surface area (Å²) in [5, 5.41) is 0. The molecule has 3 heterocycles. The van der Waals surface area contributed by atoms with Crippen LogP contribution in [0, 0.1) is 0 Å². The molecule has 0 amide bonds. The van der Waals surface area contributed by atoms with Crippen LogP contribution in [0.3, 0.4) is 0 Å². The molecule has 0 aromatic carbocycles. The molecule has 0 unspecified atom stereocenters. The predicted molar refractivity (Wildman–Crippen MR) is 88.2 cm³/mol. The number of aryl methyl sites for hydroxylation is 1. The van der Waals surface area contributed by atoms with E-state index >= 15 is 0 Å². The average Bonchev–Trinajstić information content (AvgIpc) is 3.02. The summed E-state index contributed by atoms with van der Waals surface area (Å²) in [4.78, 5) is 35.0. The van der Waals surface area contributed by atoms with E-state index in [1.54, 1.807) is 4.57 Å². The molecule has 1 saturated heterocycles. The van der Waals surface area contributed by atoms with Gasteiger partial charge < -0.3 is 14.6 Å². The highest BCUT2D eigenvalue weighted by molar-refractivity contribution is 5.73. The molecular weight excluding hydrogens is 298 g/mol. The lowest BCUT2D eigenvalue weighted by Crippen LogP contribution is -2.40. The maximum Gasteiger partial charge on any atom is 0.332 e. The monoisotopic (exact) mass is 321 g/mol. The summed E-state index contributed by atoms with van der Waals surface area (Å²) >= 11 is 0. The molecule has 2 aromatic rings. The zero-order valence-corrected chi connectivity index (χ0v) is 13.7. The van der Waals surface area contributed by atoms with E-state index in [1.165, 1.54) is 4.57 Å². The van der Waals surface area contributed by atoms with E-state index in [2.05, 4.69) is 9.97 Å². The van der Waals surface area contributed by atoms with Gasteiger partial charge in [0.1, 0.15) is 0 Å². The molecule has 3 rings (SSSR count). The van der Waals surface area contributed by atoms with Crippen molar-refractivity contribution in [2.24, 2.45) is 0 Å². The minimum absolute atomic E-state index is 0.272. The smallest absolute Gasteiger partial charge is 0.332 e. The Labute approximate surface area is 133 Å².